The number of amides is 1. The fourth-order valence-corrected chi connectivity index (χ4v) is 4.11. The molecule has 0 radical (unpaired) electrons. The number of H-pyrrole nitrogens is 1. The second-order valence-corrected chi connectivity index (χ2v) is 7.32. The molecule has 0 aromatic carbocycles. The van der Waals surface area contributed by atoms with Crippen LogP contribution in [0.25, 0.3) is 11.0 Å². The molecule has 0 saturated carbocycles. The van der Waals surface area contributed by atoms with Gasteiger partial charge in [0.2, 0.25) is 0 Å². The van der Waals surface area contributed by atoms with Crippen LogP contribution < -0.4 is 16.6 Å². The largest absolute Gasteiger partial charge is 0.345 e. The van der Waals surface area contributed by atoms with Gasteiger partial charge in [0.25, 0.3) is 11.5 Å². The SMILES string of the molecule is Cc1cc(C(=O)NC2CCCc3c2c(C)nn3C)c2c(=O)[nH]c(=O)n(C)c2n1. The first-order chi connectivity index (χ1) is 13.3. The summed E-state index contributed by atoms with van der Waals surface area (Å²) in [6.45, 7) is 3.67. The number of aryl methyl sites for hydroxylation is 4. The first-order valence-electron chi connectivity index (χ1n) is 9.21. The van der Waals surface area contributed by atoms with E-state index in [1.165, 1.54) is 11.6 Å². The van der Waals surface area contributed by atoms with E-state index in [4.69, 9.17) is 0 Å². The second-order valence-electron chi connectivity index (χ2n) is 7.32. The fourth-order valence-electron chi connectivity index (χ4n) is 4.11. The summed E-state index contributed by atoms with van der Waals surface area (Å²) in [7, 11) is 3.43. The normalized spacial score (nSPS) is 16.2. The average Bonchev–Trinajstić information content (AvgIpc) is 2.94. The van der Waals surface area contributed by atoms with Crippen LogP contribution in [0.4, 0.5) is 0 Å². The second kappa shape index (κ2) is 6.43. The standard InChI is InChI=1S/C19H22N6O3/c1-9-8-11(15-16(20-9)24(3)19(28)22-18(15)27)17(26)21-12-6-5-7-13-14(12)10(2)23-25(13)4/h8,12H,5-7H2,1-4H3,(H,21,26)(H,22,27,28). The van der Waals surface area contributed by atoms with Crippen LogP contribution in [0.5, 0.6) is 0 Å². The van der Waals surface area contributed by atoms with Gasteiger partial charge in [-0.1, -0.05) is 0 Å². The van der Waals surface area contributed by atoms with E-state index < -0.39 is 11.2 Å². The molecular formula is C19H22N6O3. The van der Waals surface area contributed by atoms with E-state index in [9.17, 15) is 14.4 Å². The minimum atomic E-state index is -0.613. The van der Waals surface area contributed by atoms with Crippen LogP contribution in [0.3, 0.4) is 0 Å². The Morgan fingerprint density at radius 3 is 2.79 bits per heavy atom. The summed E-state index contributed by atoms with van der Waals surface area (Å²) in [5.41, 5.74) is 2.87. The van der Waals surface area contributed by atoms with Crippen molar-refractivity contribution in [2.24, 2.45) is 14.1 Å². The first kappa shape index (κ1) is 18.1. The van der Waals surface area contributed by atoms with E-state index >= 15 is 0 Å². The molecule has 3 aromatic rings. The van der Waals surface area contributed by atoms with Gasteiger partial charge < -0.3 is 5.32 Å². The molecule has 3 aromatic heterocycles. The third-order valence-corrected chi connectivity index (χ3v) is 5.39. The van der Waals surface area contributed by atoms with E-state index in [0.717, 1.165) is 36.2 Å². The van der Waals surface area contributed by atoms with Gasteiger partial charge in [-0.15, -0.1) is 0 Å². The van der Waals surface area contributed by atoms with Crippen LogP contribution in [0, 0.1) is 13.8 Å². The zero-order valence-corrected chi connectivity index (χ0v) is 16.3. The number of aromatic amines is 1. The van der Waals surface area contributed by atoms with E-state index in [1.54, 1.807) is 13.0 Å². The smallest absolute Gasteiger partial charge is 0.329 e. The molecule has 1 unspecified atom stereocenters. The number of rotatable bonds is 2. The van der Waals surface area contributed by atoms with E-state index in [-0.39, 0.29) is 28.5 Å². The molecule has 2 N–H and O–H groups in total. The van der Waals surface area contributed by atoms with Gasteiger partial charge in [-0.3, -0.25) is 23.8 Å². The zero-order chi connectivity index (χ0) is 20.2. The van der Waals surface area contributed by atoms with Gasteiger partial charge in [-0.2, -0.15) is 5.10 Å². The lowest BCUT2D eigenvalue weighted by atomic mass is 9.90. The molecule has 9 heteroatoms. The Kier molecular flexibility index (Phi) is 4.17. The van der Waals surface area contributed by atoms with Crippen molar-refractivity contribution < 1.29 is 4.79 Å². The van der Waals surface area contributed by atoms with Crippen LogP contribution in [0.15, 0.2) is 15.7 Å². The third kappa shape index (κ3) is 2.74. The van der Waals surface area contributed by atoms with Crippen LogP contribution in [-0.2, 0) is 20.5 Å². The minimum absolute atomic E-state index is 0.115. The lowest BCUT2D eigenvalue weighted by molar-refractivity contribution is 0.0934. The number of pyridine rings is 1. The molecular weight excluding hydrogens is 360 g/mol. The van der Waals surface area contributed by atoms with Gasteiger partial charge in [-0.25, -0.2) is 9.78 Å². The Hall–Kier alpha value is -3.23. The number of aromatic nitrogens is 5. The molecule has 0 spiro atoms. The van der Waals surface area contributed by atoms with E-state index in [2.05, 4.69) is 20.4 Å². The Balaban J connectivity index is 1.81. The maximum atomic E-state index is 13.1. The number of hydrogen-bond donors (Lipinski definition) is 2. The average molecular weight is 382 g/mol. The Morgan fingerprint density at radius 1 is 1.29 bits per heavy atom. The van der Waals surface area contributed by atoms with Gasteiger partial charge >= 0.3 is 5.69 Å². The van der Waals surface area contributed by atoms with Crippen molar-refractivity contribution >= 4 is 16.9 Å². The maximum Gasteiger partial charge on any atom is 0.329 e. The van der Waals surface area contributed by atoms with Gasteiger partial charge in [-0.05, 0) is 39.2 Å². The molecule has 1 aliphatic carbocycles. The summed E-state index contributed by atoms with van der Waals surface area (Å²) < 4.78 is 3.11. The van der Waals surface area contributed by atoms with E-state index in [0.29, 0.717) is 5.69 Å². The van der Waals surface area contributed by atoms with Gasteiger partial charge in [0.05, 0.1) is 22.7 Å². The molecule has 4 rings (SSSR count). The van der Waals surface area contributed by atoms with Crippen molar-refractivity contribution in [3.8, 4) is 0 Å². The summed E-state index contributed by atoms with van der Waals surface area (Å²) in [6.07, 6.45) is 2.68. The summed E-state index contributed by atoms with van der Waals surface area (Å²) >= 11 is 0. The fraction of sp³-hybridized carbons (Fsp3) is 0.421. The van der Waals surface area contributed by atoms with Crippen molar-refractivity contribution in [2.45, 2.75) is 39.2 Å². The van der Waals surface area contributed by atoms with Gasteiger partial charge in [0, 0.05) is 31.0 Å². The molecule has 9 nitrogen and oxygen atoms in total. The van der Waals surface area contributed by atoms with Crippen LogP contribution >= 0.6 is 0 Å². The molecule has 0 fully saturated rings. The molecule has 0 saturated heterocycles. The predicted molar refractivity (Wildman–Crippen MR) is 103 cm³/mol. The molecule has 1 amide bonds. The van der Waals surface area contributed by atoms with Crippen molar-refractivity contribution in [3.05, 3.63) is 55.1 Å². The maximum absolute atomic E-state index is 13.1. The van der Waals surface area contributed by atoms with Gasteiger partial charge in [0.1, 0.15) is 5.65 Å². The van der Waals surface area contributed by atoms with Crippen LogP contribution in [-0.4, -0.2) is 30.2 Å². The Morgan fingerprint density at radius 2 is 2.04 bits per heavy atom. The lowest BCUT2D eigenvalue weighted by Gasteiger charge is -2.25. The number of nitrogens with one attached hydrogen (secondary N) is 2. The predicted octanol–water partition coefficient (Wildman–Crippen LogP) is 0.780. The Labute approximate surface area is 160 Å². The van der Waals surface area contributed by atoms with Crippen molar-refractivity contribution in [3.63, 3.8) is 0 Å². The number of fused-ring (bicyclic) bond motifs is 2. The van der Waals surface area contributed by atoms with Crippen molar-refractivity contribution in [2.75, 3.05) is 0 Å². The molecule has 0 bridgehead atoms. The van der Waals surface area contributed by atoms with Crippen LogP contribution in [0.2, 0.25) is 0 Å². The summed E-state index contributed by atoms with van der Waals surface area (Å²) in [4.78, 5) is 44.0. The molecule has 146 valence electrons. The number of carbonyl (C=O) groups is 1. The zero-order valence-electron chi connectivity index (χ0n) is 16.3. The minimum Gasteiger partial charge on any atom is -0.345 e. The molecule has 3 heterocycles. The quantitative estimate of drug-likeness (QED) is 0.680. The lowest BCUT2D eigenvalue weighted by Crippen LogP contribution is -2.34. The highest BCUT2D eigenvalue weighted by molar-refractivity contribution is 6.05. The van der Waals surface area contributed by atoms with Gasteiger partial charge in [0.15, 0.2) is 0 Å². The molecule has 28 heavy (non-hydrogen) atoms. The highest BCUT2D eigenvalue weighted by Gasteiger charge is 2.28. The summed E-state index contributed by atoms with van der Waals surface area (Å²) in [6, 6.07) is 1.41. The first-order valence-corrected chi connectivity index (χ1v) is 9.21. The number of hydrogen-bond acceptors (Lipinski definition) is 5. The summed E-state index contributed by atoms with van der Waals surface area (Å²) in [5.74, 6) is -0.360. The molecule has 1 aliphatic rings. The summed E-state index contributed by atoms with van der Waals surface area (Å²) in [5, 5.41) is 7.67. The highest BCUT2D eigenvalue weighted by atomic mass is 16.2. The molecule has 0 aliphatic heterocycles. The third-order valence-electron chi connectivity index (χ3n) is 5.39. The highest BCUT2D eigenvalue weighted by Crippen LogP contribution is 2.32. The van der Waals surface area contributed by atoms with Crippen LogP contribution in [0.1, 0.15) is 51.9 Å². The monoisotopic (exact) mass is 382 g/mol. The molecule has 1 atom stereocenters. The van der Waals surface area contributed by atoms with Crippen molar-refractivity contribution in [1.82, 2.24) is 29.6 Å². The van der Waals surface area contributed by atoms with E-state index in [1.807, 2.05) is 18.7 Å². The topological polar surface area (TPSA) is 115 Å². The Bertz CT molecular complexity index is 1230. The number of carbonyl (C=O) groups excluding carboxylic acids is 1. The van der Waals surface area contributed by atoms with Crippen molar-refractivity contribution in [1.29, 1.82) is 0 Å². The number of nitrogens with zero attached hydrogens (tertiary/aromatic N) is 4.